The second kappa shape index (κ2) is 8.99. The van der Waals surface area contributed by atoms with Gasteiger partial charge in [-0.1, -0.05) is 43.5 Å². The Labute approximate surface area is 135 Å². The summed E-state index contributed by atoms with van der Waals surface area (Å²) in [5.41, 5.74) is 6.99. The first-order valence-electron chi connectivity index (χ1n) is 6.83. The van der Waals surface area contributed by atoms with Crippen LogP contribution in [0.4, 0.5) is 11.4 Å². The van der Waals surface area contributed by atoms with Gasteiger partial charge in [0, 0.05) is 6.54 Å². The predicted octanol–water partition coefficient (Wildman–Crippen LogP) is 1.21. The average molecular weight is 313 g/mol. The van der Waals surface area contributed by atoms with Crippen molar-refractivity contribution in [2.24, 2.45) is 0 Å². The fraction of sp³-hybridized carbons (Fsp3) is 0.118. The van der Waals surface area contributed by atoms with Gasteiger partial charge in [0.25, 0.3) is 5.91 Å². The van der Waals surface area contributed by atoms with E-state index in [1.807, 2.05) is 0 Å². The molecule has 0 bridgehead atoms. The normalized spacial score (nSPS) is 11.5. The van der Waals surface area contributed by atoms with E-state index in [2.05, 4.69) is 18.5 Å². The summed E-state index contributed by atoms with van der Waals surface area (Å²) in [5.74, 6) is -0.622. The van der Waals surface area contributed by atoms with Gasteiger partial charge >= 0.3 is 0 Å². The molecule has 0 aliphatic rings. The highest BCUT2D eigenvalue weighted by molar-refractivity contribution is 6.05. The van der Waals surface area contributed by atoms with Crippen molar-refractivity contribution in [3.05, 3.63) is 61.2 Å². The zero-order valence-corrected chi connectivity index (χ0v) is 12.6. The number of hydrogen-bond acceptors (Lipinski definition) is 4. The SMILES string of the molecule is C=C/C=C\C(=C)CNC(=O)C(C=O)N(C=O)c1ccccc1N. The van der Waals surface area contributed by atoms with Crippen LogP contribution in [0.1, 0.15) is 0 Å². The maximum atomic E-state index is 12.2. The van der Waals surface area contributed by atoms with Crippen LogP contribution in [0.3, 0.4) is 0 Å². The van der Waals surface area contributed by atoms with Gasteiger partial charge in [-0.15, -0.1) is 0 Å². The van der Waals surface area contributed by atoms with Gasteiger partial charge in [-0.3, -0.25) is 14.5 Å². The molecular formula is C17H19N3O3. The number of nitrogens with zero attached hydrogens (tertiary/aromatic N) is 1. The minimum absolute atomic E-state index is 0.143. The van der Waals surface area contributed by atoms with Crippen molar-refractivity contribution in [1.29, 1.82) is 0 Å². The number of allylic oxidation sites excluding steroid dienone is 2. The van der Waals surface area contributed by atoms with Crippen LogP contribution in [0.2, 0.25) is 0 Å². The summed E-state index contributed by atoms with van der Waals surface area (Å²) in [4.78, 5) is 35.8. The highest BCUT2D eigenvalue weighted by Gasteiger charge is 2.26. The number of aldehydes is 1. The Hall–Kier alpha value is -3.15. The van der Waals surface area contributed by atoms with E-state index < -0.39 is 11.9 Å². The minimum Gasteiger partial charge on any atom is -0.397 e. The molecule has 1 aromatic rings. The van der Waals surface area contributed by atoms with Crippen LogP contribution >= 0.6 is 0 Å². The second-order valence-corrected chi connectivity index (χ2v) is 4.62. The molecule has 0 fully saturated rings. The summed E-state index contributed by atoms with van der Waals surface area (Å²) in [7, 11) is 0. The molecule has 1 unspecified atom stereocenters. The van der Waals surface area contributed by atoms with Crippen LogP contribution in [-0.2, 0) is 14.4 Å². The van der Waals surface area contributed by atoms with Crippen molar-refractivity contribution in [3.8, 4) is 0 Å². The number of rotatable bonds is 9. The van der Waals surface area contributed by atoms with E-state index in [0.717, 1.165) is 4.90 Å². The molecule has 6 heteroatoms. The van der Waals surface area contributed by atoms with Crippen molar-refractivity contribution in [2.45, 2.75) is 6.04 Å². The van der Waals surface area contributed by atoms with Gasteiger partial charge in [-0.25, -0.2) is 0 Å². The quantitative estimate of drug-likeness (QED) is 0.310. The third-order valence-corrected chi connectivity index (χ3v) is 2.98. The summed E-state index contributed by atoms with van der Waals surface area (Å²) < 4.78 is 0. The van der Waals surface area contributed by atoms with Crippen molar-refractivity contribution in [3.63, 3.8) is 0 Å². The summed E-state index contributed by atoms with van der Waals surface area (Å²) in [6.45, 7) is 7.42. The van der Waals surface area contributed by atoms with Gasteiger partial charge in [0.15, 0.2) is 12.3 Å². The number of nitrogen functional groups attached to an aromatic ring is 1. The first-order chi connectivity index (χ1) is 11.0. The van der Waals surface area contributed by atoms with Crippen molar-refractivity contribution < 1.29 is 14.4 Å². The van der Waals surface area contributed by atoms with Crippen molar-refractivity contribution >= 4 is 30.0 Å². The summed E-state index contributed by atoms with van der Waals surface area (Å²) in [6.07, 6.45) is 5.72. The Morgan fingerprint density at radius 2 is 2.04 bits per heavy atom. The van der Waals surface area contributed by atoms with Gasteiger partial charge in [0.2, 0.25) is 6.41 Å². The summed E-state index contributed by atoms with van der Waals surface area (Å²) in [6, 6.07) is 5.16. The Kier molecular flexibility index (Phi) is 7.00. The standard InChI is InChI=1S/C17H19N3O3/c1-3-4-7-13(2)10-19-17(23)16(11-21)20(12-22)15-9-6-5-8-14(15)18/h3-9,11-12,16H,1-2,10,18H2,(H,19,23)/b7-4-. The lowest BCUT2D eigenvalue weighted by Gasteiger charge is -2.24. The fourth-order valence-corrected chi connectivity index (χ4v) is 1.82. The van der Waals surface area contributed by atoms with E-state index in [4.69, 9.17) is 5.73 Å². The maximum absolute atomic E-state index is 12.2. The van der Waals surface area contributed by atoms with Crippen LogP contribution in [0.25, 0.3) is 0 Å². The first kappa shape index (κ1) is 17.9. The Bertz CT molecular complexity index is 638. The Morgan fingerprint density at radius 3 is 2.61 bits per heavy atom. The molecule has 0 aliphatic heterocycles. The molecule has 0 spiro atoms. The first-order valence-corrected chi connectivity index (χ1v) is 6.83. The molecule has 6 nitrogen and oxygen atoms in total. The monoisotopic (exact) mass is 313 g/mol. The summed E-state index contributed by atoms with van der Waals surface area (Å²) in [5, 5.41) is 2.55. The molecule has 1 rings (SSSR count). The highest BCUT2D eigenvalue weighted by atomic mass is 16.2. The van der Waals surface area contributed by atoms with E-state index >= 15 is 0 Å². The van der Waals surface area contributed by atoms with Gasteiger partial charge in [0.1, 0.15) is 0 Å². The van der Waals surface area contributed by atoms with Crippen LogP contribution in [0.15, 0.2) is 61.2 Å². The van der Waals surface area contributed by atoms with Crippen LogP contribution in [-0.4, -0.2) is 31.2 Å². The molecule has 0 radical (unpaired) electrons. The van der Waals surface area contributed by atoms with E-state index in [1.54, 1.807) is 42.5 Å². The number of para-hydroxylation sites is 2. The van der Waals surface area contributed by atoms with E-state index in [0.29, 0.717) is 24.0 Å². The molecule has 0 saturated carbocycles. The number of amides is 2. The van der Waals surface area contributed by atoms with Gasteiger partial charge in [0.05, 0.1) is 11.4 Å². The molecule has 0 saturated heterocycles. The number of nitrogens with one attached hydrogen (secondary N) is 1. The molecule has 1 atom stereocenters. The van der Waals surface area contributed by atoms with Crippen molar-refractivity contribution in [2.75, 3.05) is 17.2 Å². The van der Waals surface area contributed by atoms with Gasteiger partial charge < -0.3 is 15.8 Å². The van der Waals surface area contributed by atoms with Gasteiger partial charge in [-0.05, 0) is 17.7 Å². The average Bonchev–Trinajstić information content (AvgIpc) is 2.56. The number of carbonyl (C=O) groups excluding carboxylic acids is 3. The van der Waals surface area contributed by atoms with E-state index in [9.17, 15) is 14.4 Å². The number of nitrogens with two attached hydrogens (primary N) is 1. The minimum atomic E-state index is -1.31. The molecule has 1 aromatic carbocycles. The van der Waals surface area contributed by atoms with E-state index in [1.165, 1.54) is 0 Å². The van der Waals surface area contributed by atoms with Crippen LogP contribution in [0, 0.1) is 0 Å². The second-order valence-electron chi connectivity index (χ2n) is 4.62. The fourth-order valence-electron chi connectivity index (χ4n) is 1.82. The molecule has 120 valence electrons. The molecule has 23 heavy (non-hydrogen) atoms. The lowest BCUT2D eigenvalue weighted by atomic mass is 10.2. The maximum Gasteiger partial charge on any atom is 0.250 e. The number of benzene rings is 1. The largest absolute Gasteiger partial charge is 0.397 e. The zero-order valence-electron chi connectivity index (χ0n) is 12.6. The van der Waals surface area contributed by atoms with Crippen LogP contribution < -0.4 is 16.0 Å². The number of hydrogen-bond donors (Lipinski definition) is 2. The lowest BCUT2D eigenvalue weighted by Crippen LogP contribution is -2.48. The zero-order chi connectivity index (χ0) is 17.2. The number of carbonyl (C=O) groups is 3. The summed E-state index contributed by atoms with van der Waals surface area (Å²) >= 11 is 0. The lowest BCUT2D eigenvalue weighted by molar-refractivity contribution is -0.127. The number of anilines is 2. The Balaban J connectivity index is 2.86. The van der Waals surface area contributed by atoms with E-state index in [-0.39, 0.29) is 12.2 Å². The topological polar surface area (TPSA) is 92.5 Å². The molecule has 0 aromatic heterocycles. The third kappa shape index (κ3) is 4.96. The predicted molar refractivity (Wildman–Crippen MR) is 90.7 cm³/mol. The molecule has 3 N–H and O–H groups in total. The smallest absolute Gasteiger partial charge is 0.250 e. The Morgan fingerprint density at radius 1 is 1.35 bits per heavy atom. The molecule has 0 aliphatic carbocycles. The molecular weight excluding hydrogens is 294 g/mol. The highest BCUT2D eigenvalue weighted by Crippen LogP contribution is 2.22. The molecule has 2 amide bonds. The van der Waals surface area contributed by atoms with Crippen LogP contribution in [0.5, 0.6) is 0 Å². The third-order valence-electron chi connectivity index (χ3n) is 2.98. The van der Waals surface area contributed by atoms with Gasteiger partial charge in [-0.2, -0.15) is 0 Å². The molecule has 0 heterocycles. The van der Waals surface area contributed by atoms with Crippen molar-refractivity contribution in [1.82, 2.24) is 5.32 Å².